The van der Waals surface area contributed by atoms with Crippen LogP contribution in [0.3, 0.4) is 0 Å². The van der Waals surface area contributed by atoms with Gasteiger partial charge < -0.3 is 4.74 Å². The fourth-order valence-electron chi connectivity index (χ4n) is 1.04. The molecular weight excluding hydrogens is 244 g/mol. The first-order chi connectivity index (χ1) is 7.97. The number of carbonyl (C=O) groups excluding carboxylic acids is 1. The molecule has 0 aliphatic carbocycles. The summed E-state index contributed by atoms with van der Waals surface area (Å²) in [5.41, 5.74) is 0.837. The third kappa shape index (κ3) is 6.49. The Morgan fingerprint density at radius 3 is 2.53 bits per heavy atom. The van der Waals surface area contributed by atoms with E-state index >= 15 is 0 Å². The summed E-state index contributed by atoms with van der Waals surface area (Å²) in [6.45, 7) is 0.121. The number of hydrogen-bond donors (Lipinski definition) is 1. The van der Waals surface area contributed by atoms with Crippen LogP contribution in [0.1, 0.15) is 5.56 Å². The summed E-state index contributed by atoms with van der Waals surface area (Å²) in [6.07, 6.45) is 2.00. The van der Waals surface area contributed by atoms with Gasteiger partial charge in [-0.2, -0.15) is 8.42 Å². The van der Waals surface area contributed by atoms with Crippen LogP contribution in [-0.4, -0.2) is 24.7 Å². The zero-order valence-corrected chi connectivity index (χ0v) is 9.76. The van der Waals surface area contributed by atoms with Gasteiger partial charge in [-0.05, 0) is 5.56 Å². The van der Waals surface area contributed by atoms with E-state index in [1.54, 1.807) is 12.1 Å². The fraction of sp³-hybridized carbons (Fsp3) is 0.182. The molecule has 0 saturated carbocycles. The van der Waals surface area contributed by atoms with Gasteiger partial charge in [-0.25, -0.2) is 4.79 Å². The summed E-state index contributed by atoms with van der Waals surface area (Å²) in [5.74, 6) is -1.26. The van der Waals surface area contributed by atoms with Crippen molar-refractivity contribution in [2.75, 3.05) is 5.75 Å². The summed E-state index contributed by atoms with van der Waals surface area (Å²) in [7, 11) is -4.08. The van der Waals surface area contributed by atoms with Gasteiger partial charge in [-0.1, -0.05) is 36.4 Å². The molecule has 6 heteroatoms. The highest BCUT2D eigenvalue weighted by Gasteiger charge is 2.02. The maximum absolute atomic E-state index is 11.1. The average Bonchev–Trinajstić information content (AvgIpc) is 2.26. The van der Waals surface area contributed by atoms with Crippen molar-refractivity contribution in [3.05, 3.63) is 48.0 Å². The van der Waals surface area contributed by atoms with Gasteiger partial charge in [0, 0.05) is 6.08 Å². The van der Waals surface area contributed by atoms with Crippen LogP contribution in [0.25, 0.3) is 0 Å². The highest BCUT2D eigenvalue weighted by atomic mass is 32.2. The topological polar surface area (TPSA) is 80.7 Å². The summed E-state index contributed by atoms with van der Waals surface area (Å²) in [6, 6.07) is 9.08. The van der Waals surface area contributed by atoms with E-state index in [0.29, 0.717) is 0 Å². The molecule has 0 atom stereocenters. The van der Waals surface area contributed by atoms with Gasteiger partial charge in [0.1, 0.15) is 6.61 Å². The van der Waals surface area contributed by atoms with Crippen molar-refractivity contribution in [1.82, 2.24) is 0 Å². The molecule has 1 aromatic rings. The maximum Gasteiger partial charge on any atom is 0.330 e. The van der Waals surface area contributed by atoms with Crippen molar-refractivity contribution in [3.63, 3.8) is 0 Å². The molecule has 1 N–H and O–H groups in total. The second-order valence-electron chi connectivity index (χ2n) is 3.24. The van der Waals surface area contributed by atoms with E-state index in [2.05, 4.69) is 0 Å². The number of hydrogen-bond acceptors (Lipinski definition) is 4. The first kappa shape index (κ1) is 13.4. The summed E-state index contributed by atoms with van der Waals surface area (Å²) < 4.78 is 33.9. The van der Waals surface area contributed by atoms with Crippen LogP contribution in [0, 0.1) is 0 Å². The van der Waals surface area contributed by atoms with Gasteiger partial charge in [-0.3, -0.25) is 4.55 Å². The largest absolute Gasteiger partial charge is 0.458 e. The highest BCUT2D eigenvalue weighted by Crippen LogP contribution is 2.00. The van der Waals surface area contributed by atoms with Gasteiger partial charge in [-0.15, -0.1) is 0 Å². The summed E-state index contributed by atoms with van der Waals surface area (Å²) in [5, 5.41) is 0. The average molecular weight is 256 g/mol. The van der Waals surface area contributed by atoms with Crippen LogP contribution in [0.5, 0.6) is 0 Å². The molecule has 92 valence electrons. The number of rotatable bonds is 5. The molecule has 0 spiro atoms. The first-order valence-corrected chi connectivity index (χ1v) is 6.41. The molecule has 5 nitrogen and oxygen atoms in total. The Morgan fingerprint density at radius 2 is 1.94 bits per heavy atom. The normalized spacial score (nSPS) is 11.6. The van der Waals surface area contributed by atoms with E-state index in [1.165, 1.54) is 0 Å². The summed E-state index contributed by atoms with van der Waals surface area (Å²) >= 11 is 0. The quantitative estimate of drug-likeness (QED) is 0.486. The minimum atomic E-state index is -4.08. The van der Waals surface area contributed by atoms with Crippen LogP contribution in [0.15, 0.2) is 42.5 Å². The van der Waals surface area contributed by atoms with Crippen LogP contribution in [0.2, 0.25) is 0 Å². The summed E-state index contributed by atoms with van der Waals surface area (Å²) in [4.78, 5) is 11.1. The zero-order valence-electron chi connectivity index (χ0n) is 8.94. The van der Waals surface area contributed by atoms with E-state index in [0.717, 1.165) is 17.7 Å². The Labute approximate surface area is 99.5 Å². The predicted molar refractivity (Wildman–Crippen MR) is 61.8 cm³/mol. The molecule has 0 aliphatic rings. The molecule has 0 amide bonds. The van der Waals surface area contributed by atoms with Gasteiger partial charge in [0.15, 0.2) is 0 Å². The molecule has 0 bridgehead atoms. The Bertz CT molecular complexity index is 490. The maximum atomic E-state index is 11.1. The monoisotopic (exact) mass is 256 g/mol. The highest BCUT2D eigenvalue weighted by molar-refractivity contribution is 7.85. The van der Waals surface area contributed by atoms with E-state index in [9.17, 15) is 13.2 Å². The van der Waals surface area contributed by atoms with Crippen molar-refractivity contribution in [2.24, 2.45) is 0 Å². The number of esters is 1. The standard InChI is InChI=1S/C11H12O5S/c12-11(7-4-8-17(13,14)15)16-9-10-5-2-1-3-6-10/h1-7H,8-9H2,(H,13,14,15). The van der Waals surface area contributed by atoms with Crippen LogP contribution in [0.4, 0.5) is 0 Å². The molecule has 0 aliphatic heterocycles. The van der Waals surface area contributed by atoms with E-state index in [1.807, 2.05) is 18.2 Å². The van der Waals surface area contributed by atoms with Crippen LogP contribution < -0.4 is 0 Å². The molecule has 1 aromatic carbocycles. The molecule has 0 aromatic heterocycles. The van der Waals surface area contributed by atoms with Gasteiger partial charge in [0.25, 0.3) is 10.1 Å². The molecule has 0 heterocycles. The lowest BCUT2D eigenvalue weighted by Gasteiger charge is -2.01. The van der Waals surface area contributed by atoms with Crippen molar-refractivity contribution in [3.8, 4) is 0 Å². The molecule has 1 rings (SSSR count). The van der Waals surface area contributed by atoms with Crippen molar-refractivity contribution < 1.29 is 22.5 Å². The Kier molecular flexibility index (Phi) is 4.86. The third-order valence-electron chi connectivity index (χ3n) is 1.78. The SMILES string of the molecule is O=C(C=CCS(=O)(=O)O)OCc1ccccc1. The zero-order chi connectivity index (χ0) is 12.7. The van der Waals surface area contributed by atoms with Crippen molar-refractivity contribution >= 4 is 16.1 Å². The van der Waals surface area contributed by atoms with Crippen LogP contribution >= 0.6 is 0 Å². The van der Waals surface area contributed by atoms with E-state index < -0.39 is 21.8 Å². The lowest BCUT2D eigenvalue weighted by molar-refractivity contribution is -0.139. The number of ether oxygens (including phenoxy) is 1. The number of carbonyl (C=O) groups is 1. The number of benzene rings is 1. The lowest BCUT2D eigenvalue weighted by Crippen LogP contribution is -2.04. The van der Waals surface area contributed by atoms with Gasteiger partial charge in [0.2, 0.25) is 0 Å². The Balaban J connectivity index is 2.36. The molecule has 0 saturated heterocycles. The molecule has 17 heavy (non-hydrogen) atoms. The lowest BCUT2D eigenvalue weighted by atomic mass is 10.2. The van der Waals surface area contributed by atoms with Crippen LogP contribution in [-0.2, 0) is 26.3 Å². The Hall–Kier alpha value is -1.66. The van der Waals surface area contributed by atoms with E-state index in [-0.39, 0.29) is 6.61 Å². The second-order valence-corrected chi connectivity index (χ2v) is 4.74. The smallest absolute Gasteiger partial charge is 0.330 e. The predicted octanol–water partition coefficient (Wildman–Crippen LogP) is 1.17. The van der Waals surface area contributed by atoms with Crippen molar-refractivity contribution in [1.29, 1.82) is 0 Å². The third-order valence-corrected chi connectivity index (χ3v) is 2.40. The Morgan fingerprint density at radius 1 is 1.29 bits per heavy atom. The van der Waals surface area contributed by atoms with Gasteiger partial charge >= 0.3 is 5.97 Å². The second kappa shape index (κ2) is 6.17. The molecule has 0 radical (unpaired) electrons. The molecule has 0 fully saturated rings. The first-order valence-electron chi connectivity index (χ1n) is 4.80. The molecular formula is C11H12O5S. The fourth-order valence-corrected chi connectivity index (χ4v) is 1.38. The minimum Gasteiger partial charge on any atom is -0.458 e. The minimum absolute atomic E-state index is 0.121. The van der Waals surface area contributed by atoms with Crippen molar-refractivity contribution in [2.45, 2.75) is 6.61 Å². The van der Waals surface area contributed by atoms with E-state index in [4.69, 9.17) is 9.29 Å². The molecule has 0 unspecified atom stereocenters. The van der Waals surface area contributed by atoms with Gasteiger partial charge in [0.05, 0.1) is 5.75 Å².